The first kappa shape index (κ1) is 13.2. The predicted octanol–water partition coefficient (Wildman–Crippen LogP) is 2.93. The van der Waals surface area contributed by atoms with Gasteiger partial charge in [0.25, 0.3) is 0 Å². The van der Waals surface area contributed by atoms with Crippen molar-refractivity contribution in [2.75, 3.05) is 19.7 Å². The number of ether oxygens (including phenoxy) is 1. The average molecular weight is 221 g/mol. The smallest absolute Gasteiger partial charge is 0.114 e. The molecule has 0 aliphatic heterocycles. The predicted molar refractivity (Wildman–Crippen MR) is 68.5 cm³/mol. The maximum Gasteiger partial charge on any atom is 0.114 e. The van der Waals surface area contributed by atoms with Gasteiger partial charge in [-0.2, -0.15) is 0 Å². The topological polar surface area (TPSA) is 12.5 Å². The summed E-state index contributed by atoms with van der Waals surface area (Å²) in [4.78, 5) is 2.36. The van der Waals surface area contributed by atoms with Gasteiger partial charge in [-0.1, -0.05) is 44.2 Å². The van der Waals surface area contributed by atoms with Crippen LogP contribution < -0.4 is 0 Å². The Hall–Kier alpha value is -0.860. The molecule has 1 atom stereocenters. The number of likely N-dealkylation sites (N-methyl/N-ethyl adjacent to an activating group) is 1. The zero-order chi connectivity index (χ0) is 11.8. The van der Waals surface area contributed by atoms with E-state index < -0.39 is 0 Å². The van der Waals surface area contributed by atoms with Crippen LogP contribution in [-0.2, 0) is 11.2 Å². The van der Waals surface area contributed by atoms with Gasteiger partial charge in [0.2, 0.25) is 0 Å². The molecule has 0 aliphatic rings. The molecule has 90 valence electrons. The van der Waals surface area contributed by atoms with Crippen LogP contribution in [0.2, 0.25) is 0 Å². The molecule has 0 amide bonds. The average Bonchev–Trinajstić information content (AvgIpc) is 2.32. The van der Waals surface area contributed by atoms with Crippen molar-refractivity contribution < 1.29 is 4.74 Å². The Balaban J connectivity index is 2.63. The first-order valence-corrected chi connectivity index (χ1v) is 6.21. The maximum atomic E-state index is 5.82. The first-order valence-electron chi connectivity index (χ1n) is 6.21. The highest BCUT2D eigenvalue weighted by Crippen LogP contribution is 2.10. The van der Waals surface area contributed by atoms with Gasteiger partial charge in [-0.05, 0) is 25.6 Å². The third-order valence-corrected chi connectivity index (χ3v) is 2.83. The highest BCUT2D eigenvalue weighted by atomic mass is 16.5. The Labute approximate surface area is 99.2 Å². The van der Waals surface area contributed by atoms with Crippen molar-refractivity contribution in [2.45, 2.75) is 33.4 Å². The third-order valence-electron chi connectivity index (χ3n) is 2.83. The zero-order valence-electron chi connectivity index (χ0n) is 10.6. The van der Waals surface area contributed by atoms with Gasteiger partial charge in [-0.15, -0.1) is 0 Å². The maximum absolute atomic E-state index is 5.82. The van der Waals surface area contributed by atoms with Crippen LogP contribution in [0.3, 0.4) is 0 Å². The van der Waals surface area contributed by atoms with Crippen LogP contribution in [-0.4, -0.2) is 30.8 Å². The van der Waals surface area contributed by atoms with E-state index in [2.05, 4.69) is 56.0 Å². The summed E-state index contributed by atoms with van der Waals surface area (Å²) in [5.74, 6) is 0. The fourth-order valence-corrected chi connectivity index (χ4v) is 1.93. The fourth-order valence-electron chi connectivity index (χ4n) is 1.93. The van der Waals surface area contributed by atoms with Crippen molar-refractivity contribution in [2.24, 2.45) is 0 Å². The lowest BCUT2D eigenvalue weighted by Gasteiger charge is -2.29. The van der Waals surface area contributed by atoms with E-state index in [1.54, 1.807) is 0 Å². The van der Waals surface area contributed by atoms with E-state index in [0.717, 1.165) is 26.1 Å². The van der Waals surface area contributed by atoms with E-state index in [4.69, 9.17) is 4.74 Å². The van der Waals surface area contributed by atoms with Gasteiger partial charge in [0, 0.05) is 13.0 Å². The molecule has 16 heavy (non-hydrogen) atoms. The highest BCUT2D eigenvalue weighted by Gasteiger charge is 2.15. The molecule has 2 heteroatoms. The lowest BCUT2D eigenvalue weighted by atomic mass is 10.1. The van der Waals surface area contributed by atoms with Crippen molar-refractivity contribution in [1.82, 2.24) is 4.90 Å². The largest absolute Gasteiger partial charge is 0.363 e. The minimum Gasteiger partial charge on any atom is -0.363 e. The van der Waals surface area contributed by atoms with Crippen LogP contribution >= 0.6 is 0 Å². The van der Waals surface area contributed by atoms with E-state index in [9.17, 15) is 0 Å². The van der Waals surface area contributed by atoms with E-state index in [-0.39, 0.29) is 6.23 Å². The summed E-state index contributed by atoms with van der Waals surface area (Å²) in [6.45, 7) is 9.26. The fraction of sp³-hybridized carbons (Fsp3) is 0.571. The molecule has 0 heterocycles. The molecule has 0 radical (unpaired) electrons. The minimum atomic E-state index is 0.211. The standard InChI is InChI=1S/C14H23NO/c1-4-15(5-2)14(16-6-3)12-13-10-8-7-9-11-13/h7-11,14H,4-6,12H2,1-3H3. The number of rotatable bonds is 7. The number of hydrogen-bond acceptors (Lipinski definition) is 2. The van der Waals surface area contributed by atoms with Crippen LogP contribution in [0.5, 0.6) is 0 Å². The molecule has 0 fully saturated rings. The van der Waals surface area contributed by atoms with Crippen molar-refractivity contribution >= 4 is 0 Å². The Morgan fingerprint density at radius 2 is 1.69 bits per heavy atom. The first-order chi connectivity index (χ1) is 7.81. The summed E-state index contributed by atoms with van der Waals surface area (Å²) in [6.07, 6.45) is 1.18. The van der Waals surface area contributed by atoms with Crippen LogP contribution in [0, 0.1) is 0 Å². The summed E-state index contributed by atoms with van der Waals surface area (Å²) in [5.41, 5.74) is 1.34. The molecule has 0 saturated heterocycles. The molecule has 0 aromatic heterocycles. The zero-order valence-corrected chi connectivity index (χ0v) is 10.6. The van der Waals surface area contributed by atoms with Crippen molar-refractivity contribution in [3.05, 3.63) is 35.9 Å². The van der Waals surface area contributed by atoms with Gasteiger partial charge >= 0.3 is 0 Å². The summed E-state index contributed by atoms with van der Waals surface area (Å²) >= 11 is 0. The monoisotopic (exact) mass is 221 g/mol. The number of nitrogens with zero attached hydrogens (tertiary/aromatic N) is 1. The second-order valence-electron chi connectivity index (χ2n) is 3.82. The normalized spacial score (nSPS) is 13.0. The third kappa shape index (κ3) is 3.95. The lowest BCUT2D eigenvalue weighted by Crippen LogP contribution is -2.38. The number of hydrogen-bond donors (Lipinski definition) is 0. The van der Waals surface area contributed by atoms with E-state index in [1.165, 1.54) is 5.56 Å². The van der Waals surface area contributed by atoms with Crippen molar-refractivity contribution in [1.29, 1.82) is 0 Å². The van der Waals surface area contributed by atoms with Gasteiger partial charge in [-0.3, -0.25) is 4.90 Å². The summed E-state index contributed by atoms with van der Waals surface area (Å²) in [6, 6.07) is 10.5. The molecular formula is C14H23NO. The Morgan fingerprint density at radius 1 is 1.06 bits per heavy atom. The molecule has 0 bridgehead atoms. The molecule has 1 aromatic rings. The van der Waals surface area contributed by atoms with Gasteiger partial charge in [-0.25, -0.2) is 0 Å². The SMILES string of the molecule is CCOC(Cc1ccccc1)N(CC)CC. The van der Waals surface area contributed by atoms with Crippen molar-refractivity contribution in [3.8, 4) is 0 Å². The second-order valence-corrected chi connectivity index (χ2v) is 3.82. The molecule has 1 rings (SSSR count). The summed E-state index contributed by atoms with van der Waals surface area (Å²) < 4.78 is 5.82. The Morgan fingerprint density at radius 3 is 2.19 bits per heavy atom. The summed E-state index contributed by atoms with van der Waals surface area (Å²) in [7, 11) is 0. The van der Waals surface area contributed by atoms with E-state index in [0.29, 0.717) is 0 Å². The molecule has 0 spiro atoms. The number of benzene rings is 1. The van der Waals surface area contributed by atoms with Gasteiger partial charge in [0.15, 0.2) is 0 Å². The molecule has 0 saturated carbocycles. The Bertz CT molecular complexity index is 269. The van der Waals surface area contributed by atoms with Crippen LogP contribution in [0.1, 0.15) is 26.3 Å². The van der Waals surface area contributed by atoms with E-state index >= 15 is 0 Å². The lowest BCUT2D eigenvalue weighted by molar-refractivity contribution is -0.0492. The van der Waals surface area contributed by atoms with Crippen LogP contribution in [0.15, 0.2) is 30.3 Å². The highest BCUT2D eigenvalue weighted by molar-refractivity contribution is 5.15. The molecular weight excluding hydrogens is 198 g/mol. The van der Waals surface area contributed by atoms with E-state index in [1.807, 2.05) is 0 Å². The van der Waals surface area contributed by atoms with Crippen molar-refractivity contribution in [3.63, 3.8) is 0 Å². The second kappa shape index (κ2) is 7.42. The van der Waals surface area contributed by atoms with Gasteiger partial charge < -0.3 is 4.74 Å². The molecule has 2 nitrogen and oxygen atoms in total. The van der Waals surface area contributed by atoms with Gasteiger partial charge in [0.1, 0.15) is 6.23 Å². The van der Waals surface area contributed by atoms with Crippen LogP contribution in [0.4, 0.5) is 0 Å². The molecule has 0 N–H and O–H groups in total. The molecule has 0 aliphatic carbocycles. The quantitative estimate of drug-likeness (QED) is 0.656. The molecule has 1 unspecified atom stereocenters. The molecule has 1 aromatic carbocycles. The Kier molecular flexibility index (Phi) is 6.12. The van der Waals surface area contributed by atoms with Crippen LogP contribution in [0.25, 0.3) is 0 Å². The summed E-state index contributed by atoms with van der Waals surface area (Å²) in [5, 5.41) is 0. The van der Waals surface area contributed by atoms with Gasteiger partial charge in [0.05, 0.1) is 0 Å². The minimum absolute atomic E-state index is 0.211.